The van der Waals surface area contributed by atoms with E-state index in [1.165, 1.54) is 12.1 Å². The van der Waals surface area contributed by atoms with Crippen molar-refractivity contribution >= 4 is 29.9 Å². The van der Waals surface area contributed by atoms with Gasteiger partial charge in [0.2, 0.25) is 5.88 Å². The van der Waals surface area contributed by atoms with Gasteiger partial charge in [-0.2, -0.15) is 0 Å². The van der Waals surface area contributed by atoms with Crippen LogP contribution in [0.3, 0.4) is 0 Å². The predicted octanol–water partition coefficient (Wildman–Crippen LogP) is 3.72. The lowest BCUT2D eigenvalue weighted by atomic mass is 10.3. The average Bonchev–Trinajstić information content (AvgIpc) is 2.65. The fourth-order valence-electron chi connectivity index (χ4n) is 2.16. The Kier molecular flexibility index (Phi) is 11.3. The number of guanidine groups is 1. The van der Waals surface area contributed by atoms with Gasteiger partial charge >= 0.3 is 0 Å². The van der Waals surface area contributed by atoms with Crippen molar-refractivity contribution in [3.05, 3.63) is 54.0 Å². The normalized spacial score (nSPS) is 10.9. The second kappa shape index (κ2) is 13.3. The number of hydrogen-bond acceptors (Lipinski definition) is 4. The first-order valence-electron chi connectivity index (χ1n) is 8.62. The van der Waals surface area contributed by atoms with Crippen molar-refractivity contribution in [2.75, 3.05) is 26.8 Å². The van der Waals surface area contributed by atoms with Crippen molar-refractivity contribution in [1.29, 1.82) is 0 Å². The number of aliphatic imine (C=N–C) groups is 1. The molecule has 0 atom stereocenters. The molecule has 2 rings (SSSR count). The molecular formula is C19H26FIN4O2. The van der Waals surface area contributed by atoms with Crippen LogP contribution in [-0.2, 0) is 11.3 Å². The number of ether oxygens (including phenoxy) is 2. The van der Waals surface area contributed by atoms with Crippen molar-refractivity contribution in [1.82, 2.24) is 15.6 Å². The molecule has 148 valence electrons. The Morgan fingerprint density at radius 1 is 1.22 bits per heavy atom. The third-order valence-corrected chi connectivity index (χ3v) is 3.46. The minimum absolute atomic E-state index is 0. The summed E-state index contributed by atoms with van der Waals surface area (Å²) < 4.78 is 24.0. The summed E-state index contributed by atoms with van der Waals surface area (Å²) in [6, 6.07) is 9.61. The summed E-state index contributed by atoms with van der Waals surface area (Å²) in [4.78, 5) is 8.42. The molecule has 0 saturated carbocycles. The fraction of sp³-hybridized carbons (Fsp3) is 0.368. The topological polar surface area (TPSA) is 67.8 Å². The highest BCUT2D eigenvalue weighted by Gasteiger charge is 2.02. The molecule has 0 fully saturated rings. The van der Waals surface area contributed by atoms with Crippen LogP contribution in [0.4, 0.5) is 4.39 Å². The van der Waals surface area contributed by atoms with Gasteiger partial charge in [-0.25, -0.2) is 9.37 Å². The Hall–Kier alpha value is -1.94. The molecule has 0 amide bonds. The van der Waals surface area contributed by atoms with Gasteiger partial charge in [0.05, 0.1) is 0 Å². The molecule has 27 heavy (non-hydrogen) atoms. The largest absolute Gasteiger partial charge is 0.439 e. The smallest absolute Gasteiger partial charge is 0.219 e. The van der Waals surface area contributed by atoms with Gasteiger partial charge in [0.1, 0.15) is 11.6 Å². The van der Waals surface area contributed by atoms with Gasteiger partial charge in [0.15, 0.2) is 5.96 Å². The van der Waals surface area contributed by atoms with E-state index in [-0.39, 0.29) is 29.8 Å². The zero-order chi connectivity index (χ0) is 18.6. The zero-order valence-electron chi connectivity index (χ0n) is 15.6. The van der Waals surface area contributed by atoms with E-state index >= 15 is 0 Å². The lowest BCUT2D eigenvalue weighted by Gasteiger charge is -2.12. The molecule has 1 aromatic carbocycles. The zero-order valence-corrected chi connectivity index (χ0v) is 17.9. The van der Waals surface area contributed by atoms with E-state index in [4.69, 9.17) is 9.47 Å². The number of halogens is 2. The first-order valence-corrected chi connectivity index (χ1v) is 8.62. The molecule has 0 saturated heterocycles. The van der Waals surface area contributed by atoms with Crippen LogP contribution in [0.15, 0.2) is 47.6 Å². The van der Waals surface area contributed by atoms with Crippen LogP contribution in [0.5, 0.6) is 11.6 Å². The first-order chi connectivity index (χ1) is 12.7. The SMILES string of the molecule is CCOCCCNC(=NC)NCc1ccc(Oc2cccc(F)c2)nc1.I. The third-order valence-electron chi connectivity index (χ3n) is 3.46. The third kappa shape index (κ3) is 9.00. The lowest BCUT2D eigenvalue weighted by molar-refractivity contribution is 0.145. The maximum Gasteiger partial charge on any atom is 0.219 e. The van der Waals surface area contributed by atoms with E-state index in [0.29, 0.717) is 18.2 Å². The van der Waals surface area contributed by atoms with Gasteiger partial charge < -0.3 is 20.1 Å². The molecule has 2 N–H and O–H groups in total. The van der Waals surface area contributed by atoms with Crippen LogP contribution in [-0.4, -0.2) is 37.7 Å². The number of nitrogens with zero attached hydrogens (tertiary/aromatic N) is 2. The maximum atomic E-state index is 13.2. The van der Waals surface area contributed by atoms with Crippen molar-refractivity contribution in [2.45, 2.75) is 19.9 Å². The van der Waals surface area contributed by atoms with Gasteiger partial charge in [-0.3, -0.25) is 4.99 Å². The fourth-order valence-corrected chi connectivity index (χ4v) is 2.16. The van der Waals surface area contributed by atoms with Crippen LogP contribution in [0.2, 0.25) is 0 Å². The second-order valence-corrected chi connectivity index (χ2v) is 5.47. The van der Waals surface area contributed by atoms with E-state index < -0.39 is 0 Å². The van der Waals surface area contributed by atoms with Crippen LogP contribution in [0, 0.1) is 5.82 Å². The van der Waals surface area contributed by atoms with E-state index in [0.717, 1.165) is 37.7 Å². The molecule has 6 nitrogen and oxygen atoms in total. The van der Waals surface area contributed by atoms with Gasteiger partial charge in [0, 0.05) is 51.7 Å². The Morgan fingerprint density at radius 3 is 2.74 bits per heavy atom. The monoisotopic (exact) mass is 488 g/mol. The molecular weight excluding hydrogens is 462 g/mol. The lowest BCUT2D eigenvalue weighted by Crippen LogP contribution is -2.37. The maximum absolute atomic E-state index is 13.2. The van der Waals surface area contributed by atoms with Crippen molar-refractivity contribution in [3.8, 4) is 11.6 Å². The van der Waals surface area contributed by atoms with Crippen LogP contribution < -0.4 is 15.4 Å². The average molecular weight is 488 g/mol. The molecule has 0 aliphatic carbocycles. The first kappa shape index (κ1) is 23.1. The van der Waals surface area contributed by atoms with E-state index in [1.54, 1.807) is 31.4 Å². The summed E-state index contributed by atoms with van der Waals surface area (Å²) in [7, 11) is 1.73. The number of pyridine rings is 1. The Labute approximate surface area is 176 Å². The van der Waals surface area contributed by atoms with Gasteiger partial charge in [-0.15, -0.1) is 24.0 Å². The highest BCUT2D eigenvalue weighted by molar-refractivity contribution is 14.0. The summed E-state index contributed by atoms with van der Waals surface area (Å²) in [5.41, 5.74) is 0.980. The number of nitrogens with one attached hydrogen (secondary N) is 2. The molecule has 0 spiro atoms. The molecule has 0 bridgehead atoms. The molecule has 1 aromatic heterocycles. The summed E-state index contributed by atoms with van der Waals surface area (Å²) in [5, 5.41) is 6.45. The molecule has 8 heteroatoms. The van der Waals surface area contributed by atoms with Crippen LogP contribution in [0.25, 0.3) is 0 Å². The number of aromatic nitrogens is 1. The minimum Gasteiger partial charge on any atom is -0.439 e. The number of benzene rings is 1. The van der Waals surface area contributed by atoms with E-state index in [1.807, 2.05) is 13.0 Å². The molecule has 2 aromatic rings. The molecule has 0 unspecified atom stereocenters. The Balaban J connectivity index is 0.00000364. The highest BCUT2D eigenvalue weighted by Crippen LogP contribution is 2.19. The number of rotatable bonds is 9. The quantitative estimate of drug-likeness (QED) is 0.244. The van der Waals surface area contributed by atoms with E-state index in [2.05, 4.69) is 20.6 Å². The summed E-state index contributed by atoms with van der Waals surface area (Å²) in [5.74, 6) is 1.21. The Morgan fingerprint density at radius 2 is 2.07 bits per heavy atom. The summed E-state index contributed by atoms with van der Waals surface area (Å²) >= 11 is 0. The molecule has 0 aliphatic heterocycles. The number of hydrogen-bond donors (Lipinski definition) is 2. The highest BCUT2D eigenvalue weighted by atomic mass is 127. The van der Waals surface area contributed by atoms with Gasteiger partial charge in [-0.05, 0) is 31.0 Å². The van der Waals surface area contributed by atoms with Crippen LogP contribution in [0.1, 0.15) is 18.9 Å². The van der Waals surface area contributed by atoms with Crippen molar-refractivity contribution < 1.29 is 13.9 Å². The summed E-state index contributed by atoms with van der Waals surface area (Å²) in [6.07, 6.45) is 2.63. The predicted molar refractivity (Wildman–Crippen MR) is 115 cm³/mol. The standard InChI is InChI=1S/C19H25FN4O2.HI/c1-3-25-11-5-10-22-19(21-2)24-14-15-8-9-18(23-13-15)26-17-7-4-6-16(20)12-17;/h4,6-9,12-13H,3,5,10-11,14H2,1-2H3,(H2,21,22,24);1H. The Bertz CT molecular complexity index is 698. The molecule has 0 radical (unpaired) electrons. The van der Waals surface area contributed by atoms with Gasteiger partial charge in [-0.1, -0.05) is 12.1 Å². The van der Waals surface area contributed by atoms with Gasteiger partial charge in [0.25, 0.3) is 0 Å². The van der Waals surface area contributed by atoms with Crippen molar-refractivity contribution in [3.63, 3.8) is 0 Å². The molecule has 0 aliphatic rings. The van der Waals surface area contributed by atoms with Crippen molar-refractivity contribution in [2.24, 2.45) is 4.99 Å². The molecule has 1 heterocycles. The van der Waals surface area contributed by atoms with Crippen LogP contribution >= 0.6 is 24.0 Å². The van der Waals surface area contributed by atoms with E-state index in [9.17, 15) is 4.39 Å². The summed E-state index contributed by atoms with van der Waals surface area (Å²) in [6.45, 7) is 4.82. The minimum atomic E-state index is -0.344. The second-order valence-electron chi connectivity index (χ2n) is 5.47.